The van der Waals surface area contributed by atoms with Gasteiger partial charge in [0.05, 0.1) is 11.3 Å². The van der Waals surface area contributed by atoms with Crippen molar-refractivity contribution in [2.75, 3.05) is 5.43 Å². The molecule has 1 aromatic carbocycles. The Labute approximate surface area is 147 Å². The maximum absolute atomic E-state index is 12.4. The van der Waals surface area contributed by atoms with Crippen molar-refractivity contribution in [2.45, 2.75) is 25.8 Å². The quantitative estimate of drug-likeness (QED) is 0.711. The Morgan fingerprint density at radius 2 is 2.08 bits per heavy atom. The van der Waals surface area contributed by atoms with Crippen LogP contribution in [0.25, 0.3) is 0 Å². The van der Waals surface area contributed by atoms with Crippen molar-refractivity contribution in [1.82, 2.24) is 9.55 Å². The molecule has 0 aliphatic carbocycles. The maximum atomic E-state index is 12.4. The van der Waals surface area contributed by atoms with Gasteiger partial charge in [0.15, 0.2) is 5.82 Å². The third kappa shape index (κ3) is 3.18. The van der Waals surface area contributed by atoms with Crippen LogP contribution >= 0.6 is 0 Å². The first-order valence-corrected chi connectivity index (χ1v) is 7.89. The first-order chi connectivity index (χ1) is 12.4. The standard InChI is InChI=1S/C17H16N4O5/c1-9-5-6-13(14-18-8-12(17(25)26)15(22)21(9)14)20-19-11-4-2-3-10(7-11)16(23)24/h2-4,7-9,19H,5-6H2,1H3,(H,23,24)(H,25,26)/b20-13+. The fraction of sp³-hybridized carbons (Fsp3) is 0.235. The first-order valence-electron chi connectivity index (χ1n) is 7.89. The highest BCUT2D eigenvalue weighted by Crippen LogP contribution is 2.22. The van der Waals surface area contributed by atoms with E-state index in [1.807, 2.05) is 6.92 Å². The zero-order valence-electron chi connectivity index (χ0n) is 13.8. The van der Waals surface area contributed by atoms with E-state index in [2.05, 4.69) is 15.5 Å². The predicted octanol–water partition coefficient (Wildman–Crippen LogP) is 1.81. The van der Waals surface area contributed by atoms with Crippen LogP contribution in [-0.2, 0) is 0 Å². The summed E-state index contributed by atoms with van der Waals surface area (Å²) in [4.78, 5) is 38.7. The van der Waals surface area contributed by atoms with E-state index in [9.17, 15) is 14.4 Å². The van der Waals surface area contributed by atoms with E-state index in [4.69, 9.17) is 10.2 Å². The van der Waals surface area contributed by atoms with Crippen LogP contribution in [0.2, 0.25) is 0 Å². The van der Waals surface area contributed by atoms with Crippen molar-refractivity contribution in [3.8, 4) is 0 Å². The summed E-state index contributed by atoms with van der Waals surface area (Å²) in [5.74, 6) is -2.06. The molecule has 0 saturated carbocycles. The molecule has 0 fully saturated rings. The predicted molar refractivity (Wildman–Crippen MR) is 93.0 cm³/mol. The van der Waals surface area contributed by atoms with Gasteiger partial charge in [0.2, 0.25) is 0 Å². The molecule has 0 amide bonds. The Kier molecular flexibility index (Phi) is 4.53. The fourth-order valence-corrected chi connectivity index (χ4v) is 2.78. The molecule has 1 atom stereocenters. The smallest absolute Gasteiger partial charge is 0.342 e. The number of aromatic nitrogens is 2. The van der Waals surface area contributed by atoms with Gasteiger partial charge < -0.3 is 10.2 Å². The maximum Gasteiger partial charge on any atom is 0.342 e. The molecule has 134 valence electrons. The van der Waals surface area contributed by atoms with Crippen molar-refractivity contribution in [2.24, 2.45) is 5.10 Å². The summed E-state index contributed by atoms with van der Waals surface area (Å²) in [5.41, 5.74) is 2.87. The molecule has 0 radical (unpaired) electrons. The lowest BCUT2D eigenvalue weighted by molar-refractivity contribution is 0.0684. The highest BCUT2D eigenvalue weighted by Gasteiger charge is 2.26. The number of nitrogens with one attached hydrogen (secondary N) is 1. The lowest BCUT2D eigenvalue weighted by atomic mass is 10.0. The van der Waals surface area contributed by atoms with Gasteiger partial charge in [0.1, 0.15) is 11.3 Å². The molecule has 2 heterocycles. The van der Waals surface area contributed by atoms with E-state index >= 15 is 0 Å². The van der Waals surface area contributed by atoms with E-state index < -0.39 is 17.5 Å². The zero-order chi connectivity index (χ0) is 18.8. The number of benzene rings is 1. The number of hydrazone groups is 1. The van der Waals surface area contributed by atoms with Crippen LogP contribution in [0.1, 0.15) is 52.3 Å². The van der Waals surface area contributed by atoms with Crippen LogP contribution < -0.4 is 11.0 Å². The van der Waals surface area contributed by atoms with Crippen molar-refractivity contribution < 1.29 is 19.8 Å². The zero-order valence-corrected chi connectivity index (χ0v) is 13.8. The molecule has 3 rings (SSSR count). The minimum absolute atomic E-state index is 0.119. The number of aromatic carboxylic acids is 2. The average molecular weight is 356 g/mol. The largest absolute Gasteiger partial charge is 0.478 e. The number of fused-ring (bicyclic) bond motifs is 1. The number of nitrogens with zero attached hydrogens (tertiary/aromatic N) is 3. The van der Waals surface area contributed by atoms with Crippen molar-refractivity contribution in [1.29, 1.82) is 0 Å². The molecule has 9 nitrogen and oxygen atoms in total. The molecule has 1 unspecified atom stereocenters. The summed E-state index contributed by atoms with van der Waals surface area (Å²) < 4.78 is 1.33. The number of hydrogen-bond donors (Lipinski definition) is 3. The van der Waals surface area contributed by atoms with Crippen LogP contribution in [0.3, 0.4) is 0 Å². The normalized spacial score (nSPS) is 17.6. The van der Waals surface area contributed by atoms with Crippen molar-refractivity contribution in [3.05, 3.63) is 57.8 Å². The minimum atomic E-state index is -1.32. The van der Waals surface area contributed by atoms with Gasteiger partial charge in [-0.3, -0.25) is 14.8 Å². The second-order valence-corrected chi connectivity index (χ2v) is 5.92. The number of carboxylic acids is 2. The number of anilines is 1. The van der Waals surface area contributed by atoms with E-state index in [1.165, 1.54) is 16.7 Å². The van der Waals surface area contributed by atoms with Gasteiger partial charge >= 0.3 is 11.9 Å². The summed E-state index contributed by atoms with van der Waals surface area (Å²) in [6.07, 6.45) is 2.19. The Morgan fingerprint density at radius 3 is 2.77 bits per heavy atom. The van der Waals surface area contributed by atoms with Gasteiger partial charge in [-0.1, -0.05) is 6.07 Å². The van der Waals surface area contributed by atoms with Crippen LogP contribution in [0.4, 0.5) is 5.69 Å². The Bertz CT molecular complexity index is 979. The SMILES string of the molecule is CC1CC/C(=N\Nc2cccc(C(=O)O)c2)c2ncc(C(=O)O)c(=O)n21. The van der Waals surface area contributed by atoms with Crippen LogP contribution in [0, 0.1) is 0 Å². The number of carbonyl (C=O) groups is 2. The molecule has 1 aliphatic heterocycles. The Balaban J connectivity index is 1.97. The Hall–Kier alpha value is -3.49. The summed E-state index contributed by atoms with van der Waals surface area (Å²) in [6.45, 7) is 1.82. The van der Waals surface area contributed by atoms with Gasteiger partial charge in [0, 0.05) is 12.2 Å². The van der Waals surface area contributed by atoms with Crippen LogP contribution in [0.5, 0.6) is 0 Å². The Morgan fingerprint density at radius 1 is 1.31 bits per heavy atom. The first kappa shape index (κ1) is 17.3. The van der Waals surface area contributed by atoms with E-state index in [1.54, 1.807) is 12.1 Å². The van der Waals surface area contributed by atoms with Gasteiger partial charge in [0.25, 0.3) is 5.56 Å². The van der Waals surface area contributed by atoms with Gasteiger partial charge in [-0.05, 0) is 38.0 Å². The van der Waals surface area contributed by atoms with Crippen LogP contribution in [0.15, 0.2) is 40.4 Å². The molecule has 26 heavy (non-hydrogen) atoms. The van der Waals surface area contributed by atoms with Gasteiger partial charge in [-0.25, -0.2) is 14.6 Å². The highest BCUT2D eigenvalue weighted by atomic mass is 16.4. The van der Waals surface area contributed by atoms with E-state index in [-0.39, 0.29) is 17.2 Å². The summed E-state index contributed by atoms with van der Waals surface area (Å²) in [6, 6.07) is 5.96. The number of rotatable bonds is 4. The van der Waals surface area contributed by atoms with E-state index in [0.29, 0.717) is 30.1 Å². The lowest BCUT2D eigenvalue weighted by Gasteiger charge is -2.25. The monoisotopic (exact) mass is 356 g/mol. The third-order valence-corrected chi connectivity index (χ3v) is 4.15. The van der Waals surface area contributed by atoms with Gasteiger partial charge in [-0.15, -0.1) is 0 Å². The molecule has 0 bridgehead atoms. The highest BCUT2D eigenvalue weighted by molar-refractivity contribution is 5.99. The second-order valence-electron chi connectivity index (χ2n) is 5.92. The lowest BCUT2D eigenvalue weighted by Crippen LogP contribution is -2.37. The molecule has 9 heteroatoms. The molecule has 3 N–H and O–H groups in total. The molecule has 0 spiro atoms. The molecule has 0 saturated heterocycles. The minimum Gasteiger partial charge on any atom is -0.478 e. The van der Waals surface area contributed by atoms with Gasteiger partial charge in [-0.2, -0.15) is 5.10 Å². The molecule has 2 aromatic rings. The summed E-state index contributed by atoms with van der Waals surface area (Å²) in [7, 11) is 0. The second kappa shape index (κ2) is 6.79. The third-order valence-electron chi connectivity index (χ3n) is 4.15. The molecule has 1 aliphatic rings. The molecular weight excluding hydrogens is 340 g/mol. The topological polar surface area (TPSA) is 134 Å². The van der Waals surface area contributed by atoms with Crippen LogP contribution in [-0.4, -0.2) is 37.4 Å². The molecular formula is C17H16N4O5. The van der Waals surface area contributed by atoms with Crippen molar-refractivity contribution >= 4 is 23.3 Å². The molecule has 1 aromatic heterocycles. The number of carboxylic acid groups (broad SMARTS) is 2. The summed E-state index contributed by atoms with van der Waals surface area (Å²) >= 11 is 0. The van der Waals surface area contributed by atoms with Crippen molar-refractivity contribution in [3.63, 3.8) is 0 Å². The number of hydrogen-bond acceptors (Lipinski definition) is 6. The van der Waals surface area contributed by atoms with E-state index in [0.717, 1.165) is 6.20 Å². The average Bonchev–Trinajstić information content (AvgIpc) is 2.61. The summed E-state index contributed by atoms with van der Waals surface area (Å²) in [5, 5.41) is 22.4. The fourth-order valence-electron chi connectivity index (χ4n) is 2.78.